The van der Waals surface area contributed by atoms with E-state index in [1.165, 1.54) is 64.2 Å². The van der Waals surface area contributed by atoms with Crippen molar-refractivity contribution in [1.82, 2.24) is 0 Å². The molecule has 1 aliphatic carbocycles. The van der Waals surface area contributed by atoms with E-state index in [0.717, 1.165) is 5.92 Å². The molecule has 0 amide bonds. The fraction of sp³-hybridized carbons (Fsp3) is 0.600. The van der Waals surface area contributed by atoms with Gasteiger partial charge in [0.05, 0.1) is 0 Å². The lowest BCUT2D eigenvalue weighted by Crippen LogP contribution is -1.96. The molecule has 0 spiro atoms. The van der Waals surface area contributed by atoms with Gasteiger partial charge < -0.3 is 0 Å². The summed E-state index contributed by atoms with van der Waals surface area (Å²) in [4.78, 5) is 0. The molecule has 1 atom stereocenters. The summed E-state index contributed by atoms with van der Waals surface area (Å²) < 4.78 is 0. The molecule has 1 fully saturated rings. The highest BCUT2D eigenvalue weighted by molar-refractivity contribution is 5.21. The maximum atomic E-state index is 3.67. The second-order valence-electron chi connectivity index (χ2n) is 5.89. The van der Waals surface area contributed by atoms with Crippen molar-refractivity contribution in [2.24, 2.45) is 5.92 Å². The first-order valence-corrected chi connectivity index (χ1v) is 8.53. The van der Waals surface area contributed by atoms with Gasteiger partial charge in [-0.15, -0.1) is 0 Å². The third-order valence-electron chi connectivity index (χ3n) is 4.23. The largest absolute Gasteiger partial charge is 0.0991 e. The molecule has 112 valence electrons. The van der Waals surface area contributed by atoms with E-state index in [9.17, 15) is 0 Å². The molecule has 1 aliphatic rings. The summed E-state index contributed by atoms with van der Waals surface area (Å²) in [5.41, 5.74) is 1.68. The molecule has 0 aromatic carbocycles. The predicted molar refractivity (Wildman–Crippen MR) is 91.9 cm³/mol. The van der Waals surface area contributed by atoms with Gasteiger partial charge in [0.2, 0.25) is 0 Å². The van der Waals surface area contributed by atoms with Gasteiger partial charge in [0.15, 0.2) is 0 Å². The number of hydrogen-bond donors (Lipinski definition) is 0. The lowest BCUT2D eigenvalue weighted by Gasteiger charge is -2.11. The van der Waals surface area contributed by atoms with E-state index in [2.05, 4.69) is 31.7 Å². The molecule has 0 heteroatoms. The Kier molecular flexibility index (Phi) is 10.0. The molecule has 0 unspecified atom stereocenters. The summed E-state index contributed by atoms with van der Waals surface area (Å²) in [5.74, 6) is 0.870. The summed E-state index contributed by atoms with van der Waals surface area (Å²) in [6.45, 7) is 5.96. The summed E-state index contributed by atoms with van der Waals surface area (Å²) in [7, 11) is 0. The van der Waals surface area contributed by atoms with Gasteiger partial charge >= 0.3 is 0 Å². The Morgan fingerprint density at radius 2 is 1.75 bits per heavy atom. The van der Waals surface area contributed by atoms with Crippen LogP contribution in [0.3, 0.4) is 0 Å². The number of rotatable bonds is 10. The van der Waals surface area contributed by atoms with Crippen LogP contribution in [0, 0.1) is 5.92 Å². The highest BCUT2D eigenvalue weighted by Crippen LogP contribution is 2.34. The second kappa shape index (κ2) is 11.8. The van der Waals surface area contributed by atoms with E-state index >= 15 is 0 Å². The van der Waals surface area contributed by atoms with Crippen LogP contribution in [-0.4, -0.2) is 0 Å². The van der Waals surface area contributed by atoms with E-state index in [0.29, 0.717) is 0 Å². The molecule has 1 saturated carbocycles. The average molecular weight is 272 g/mol. The van der Waals surface area contributed by atoms with Gasteiger partial charge in [-0.2, -0.15) is 0 Å². The van der Waals surface area contributed by atoms with Crippen LogP contribution < -0.4 is 0 Å². The molecule has 0 aromatic rings. The van der Waals surface area contributed by atoms with Crippen LogP contribution in [0.5, 0.6) is 0 Å². The maximum Gasteiger partial charge on any atom is -0.0200 e. The smallest absolute Gasteiger partial charge is 0.0200 e. The molecule has 0 radical (unpaired) electrons. The zero-order valence-corrected chi connectivity index (χ0v) is 13.3. The minimum Gasteiger partial charge on any atom is -0.0991 e. The van der Waals surface area contributed by atoms with Crippen molar-refractivity contribution >= 4 is 0 Å². The van der Waals surface area contributed by atoms with Gasteiger partial charge in [-0.25, -0.2) is 0 Å². The third kappa shape index (κ3) is 7.53. The zero-order valence-electron chi connectivity index (χ0n) is 13.3. The number of unbranched alkanes of at least 4 members (excludes halogenated alkanes) is 5. The minimum absolute atomic E-state index is 0.870. The summed E-state index contributed by atoms with van der Waals surface area (Å²) >= 11 is 0. The van der Waals surface area contributed by atoms with Gasteiger partial charge in [-0.3, -0.25) is 0 Å². The SMILES string of the molecule is C=CC=CC=CC=C1CCC[C@@H]1CCCCCCCC. The first-order valence-electron chi connectivity index (χ1n) is 8.53. The lowest BCUT2D eigenvalue weighted by atomic mass is 9.95. The quantitative estimate of drug-likeness (QED) is 0.304. The van der Waals surface area contributed by atoms with Crippen LogP contribution in [0.2, 0.25) is 0 Å². The van der Waals surface area contributed by atoms with Gasteiger partial charge in [-0.05, 0) is 31.6 Å². The van der Waals surface area contributed by atoms with Gasteiger partial charge in [0, 0.05) is 0 Å². The van der Waals surface area contributed by atoms with E-state index in [-0.39, 0.29) is 0 Å². The van der Waals surface area contributed by atoms with Gasteiger partial charge in [-0.1, -0.05) is 94.1 Å². The van der Waals surface area contributed by atoms with Crippen molar-refractivity contribution in [2.75, 3.05) is 0 Å². The van der Waals surface area contributed by atoms with Crippen LogP contribution >= 0.6 is 0 Å². The Morgan fingerprint density at radius 1 is 1.00 bits per heavy atom. The summed E-state index contributed by atoms with van der Waals surface area (Å²) in [6, 6.07) is 0. The molecule has 0 saturated heterocycles. The molecule has 0 nitrogen and oxygen atoms in total. The number of hydrogen-bond acceptors (Lipinski definition) is 0. The average Bonchev–Trinajstić information content (AvgIpc) is 2.90. The maximum absolute atomic E-state index is 3.67. The van der Waals surface area contributed by atoms with Gasteiger partial charge in [0.1, 0.15) is 0 Å². The van der Waals surface area contributed by atoms with Crippen LogP contribution in [-0.2, 0) is 0 Å². The van der Waals surface area contributed by atoms with E-state index < -0.39 is 0 Å². The molecular formula is C20H32. The summed E-state index contributed by atoms with van der Waals surface area (Å²) in [6.07, 6.45) is 26.5. The first kappa shape index (κ1) is 17.0. The summed E-state index contributed by atoms with van der Waals surface area (Å²) in [5, 5.41) is 0. The van der Waals surface area contributed by atoms with Crippen molar-refractivity contribution in [3.05, 3.63) is 48.6 Å². The van der Waals surface area contributed by atoms with Crippen molar-refractivity contribution in [1.29, 1.82) is 0 Å². The van der Waals surface area contributed by atoms with Crippen molar-refractivity contribution < 1.29 is 0 Å². The highest BCUT2D eigenvalue weighted by atomic mass is 14.2. The molecule has 0 bridgehead atoms. The van der Waals surface area contributed by atoms with Crippen molar-refractivity contribution in [2.45, 2.75) is 71.1 Å². The molecule has 20 heavy (non-hydrogen) atoms. The topological polar surface area (TPSA) is 0 Å². The van der Waals surface area contributed by atoms with Crippen LogP contribution in [0.4, 0.5) is 0 Å². The molecular weight excluding hydrogens is 240 g/mol. The Morgan fingerprint density at radius 3 is 2.55 bits per heavy atom. The lowest BCUT2D eigenvalue weighted by molar-refractivity contribution is 0.509. The standard InChI is InChI=1S/C20H32/c1-3-5-7-9-11-13-16-20-18-14-17-19(20)15-12-10-8-6-4-2/h4,6,8,10,12,15,20H,2-3,5,7,9,11,13-14,16-18H2,1H3/t20-/m0/s1. The molecule has 0 heterocycles. The van der Waals surface area contributed by atoms with Crippen LogP contribution in [0.1, 0.15) is 71.1 Å². The predicted octanol–water partition coefficient (Wildman–Crippen LogP) is 6.76. The normalized spacial score (nSPS) is 21.4. The molecule has 0 aliphatic heterocycles. The fourth-order valence-corrected chi connectivity index (χ4v) is 3.05. The van der Waals surface area contributed by atoms with Crippen LogP contribution in [0.25, 0.3) is 0 Å². The highest BCUT2D eigenvalue weighted by Gasteiger charge is 2.19. The first-order chi connectivity index (χ1) is 9.88. The van der Waals surface area contributed by atoms with Gasteiger partial charge in [0.25, 0.3) is 0 Å². The Bertz CT molecular complexity index is 330. The monoisotopic (exact) mass is 272 g/mol. The van der Waals surface area contributed by atoms with E-state index in [4.69, 9.17) is 0 Å². The second-order valence-corrected chi connectivity index (χ2v) is 5.89. The Labute approximate surface area is 126 Å². The third-order valence-corrected chi connectivity index (χ3v) is 4.23. The van der Waals surface area contributed by atoms with Crippen LogP contribution in [0.15, 0.2) is 48.6 Å². The molecule has 1 rings (SSSR count). The molecule has 0 N–H and O–H groups in total. The fourth-order valence-electron chi connectivity index (χ4n) is 3.05. The Balaban J connectivity index is 2.23. The zero-order chi connectivity index (χ0) is 14.5. The number of allylic oxidation sites excluding steroid dienone is 7. The van der Waals surface area contributed by atoms with Crippen molar-refractivity contribution in [3.8, 4) is 0 Å². The van der Waals surface area contributed by atoms with E-state index in [1.807, 2.05) is 18.2 Å². The molecule has 0 aromatic heterocycles. The minimum atomic E-state index is 0.870. The van der Waals surface area contributed by atoms with E-state index in [1.54, 1.807) is 5.57 Å². The Hall–Kier alpha value is -1.04. The van der Waals surface area contributed by atoms with Crippen molar-refractivity contribution in [3.63, 3.8) is 0 Å².